The molecule has 18 heavy (non-hydrogen) atoms. The molecule has 1 saturated heterocycles. The molecule has 4 heteroatoms. The lowest BCUT2D eigenvalue weighted by molar-refractivity contribution is 0.745. The third kappa shape index (κ3) is 3.55. The van der Waals surface area contributed by atoms with E-state index in [4.69, 9.17) is 11.6 Å². The Bertz CT molecular complexity index is 397. The van der Waals surface area contributed by atoms with E-state index < -0.39 is 0 Å². The fourth-order valence-corrected chi connectivity index (χ4v) is 3.39. The smallest absolute Gasteiger partial charge is 0.129 e. The average Bonchev–Trinajstić information content (AvgIpc) is 2.63. The molecule has 0 bridgehead atoms. The van der Waals surface area contributed by atoms with E-state index in [2.05, 4.69) is 28.3 Å². The van der Waals surface area contributed by atoms with Gasteiger partial charge in [0.2, 0.25) is 0 Å². The van der Waals surface area contributed by atoms with Crippen molar-refractivity contribution in [2.24, 2.45) is 0 Å². The molecule has 0 amide bonds. The molecule has 0 spiro atoms. The van der Waals surface area contributed by atoms with Gasteiger partial charge in [-0.25, -0.2) is 4.98 Å². The molecule has 100 valence electrons. The number of aryl methyl sites for hydroxylation is 1. The van der Waals surface area contributed by atoms with Crippen molar-refractivity contribution in [3.8, 4) is 0 Å². The van der Waals surface area contributed by atoms with Gasteiger partial charge in [-0.3, -0.25) is 0 Å². The van der Waals surface area contributed by atoms with E-state index in [0.29, 0.717) is 5.88 Å². The summed E-state index contributed by atoms with van der Waals surface area (Å²) in [6.45, 7) is 4.28. The zero-order valence-electron chi connectivity index (χ0n) is 11.2. The Labute approximate surface area is 119 Å². The highest BCUT2D eigenvalue weighted by Crippen LogP contribution is 2.25. The van der Waals surface area contributed by atoms with Gasteiger partial charge >= 0.3 is 0 Å². The molecule has 2 rings (SSSR count). The number of alkyl halides is 1. The molecular weight excluding hydrogens is 264 g/mol. The maximum absolute atomic E-state index is 5.94. The predicted molar refractivity (Wildman–Crippen MR) is 81.9 cm³/mol. The van der Waals surface area contributed by atoms with Crippen molar-refractivity contribution >= 4 is 29.2 Å². The zero-order chi connectivity index (χ0) is 13.0. The van der Waals surface area contributed by atoms with Crippen molar-refractivity contribution in [2.75, 3.05) is 24.2 Å². The van der Waals surface area contributed by atoms with E-state index in [0.717, 1.165) is 29.9 Å². The van der Waals surface area contributed by atoms with Crippen LogP contribution in [-0.4, -0.2) is 29.6 Å². The first-order valence-electron chi connectivity index (χ1n) is 6.54. The van der Waals surface area contributed by atoms with Crippen LogP contribution < -0.4 is 4.90 Å². The quantitative estimate of drug-likeness (QED) is 0.785. The minimum Gasteiger partial charge on any atom is -0.357 e. The summed E-state index contributed by atoms with van der Waals surface area (Å²) in [5.74, 6) is 1.67. The Kier molecular flexibility index (Phi) is 5.19. The van der Waals surface area contributed by atoms with Crippen molar-refractivity contribution in [2.45, 2.75) is 37.3 Å². The SMILES string of the molecule is CSC1CCCN(c2cc(CCl)cc(C)n2)CC1. The van der Waals surface area contributed by atoms with Crippen LogP contribution in [0.25, 0.3) is 0 Å². The summed E-state index contributed by atoms with van der Waals surface area (Å²) in [7, 11) is 0. The van der Waals surface area contributed by atoms with E-state index in [-0.39, 0.29) is 0 Å². The van der Waals surface area contributed by atoms with Crippen molar-refractivity contribution in [3.63, 3.8) is 0 Å². The Hall–Kier alpha value is -0.410. The van der Waals surface area contributed by atoms with Crippen LogP contribution in [0.5, 0.6) is 0 Å². The topological polar surface area (TPSA) is 16.1 Å². The minimum absolute atomic E-state index is 0.567. The molecule has 1 aliphatic rings. The van der Waals surface area contributed by atoms with Crippen molar-refractivity contribution in [1.29, 1.82) is 0 Å². The van der Waals surface area contributed by atoms with Gasteiger partial charge < -0.3 is 4.90 Å². The van der Waals surface area contributed by atoms with Crippen LogP contribution in [-0.2, 0) is 5.88 Å². The predicted octanol–water partition coefficient (Wildman–Crippen LogP) is 3.85. The van der Waals surface area contributed by atoms with Crippen LogP contribution in [0.1, 0.15) is 30.5 Å². The van der Waals surface area contributed by atoms with Crippen LogP contribution in [0.2, 0.25) is 0 Å². The summed E-state index contributed by atoms with van der Waals surface area (Å²) >= 11 is 7.94. The van der Waals surface area contributed by atoms with E-state index in [1.54, 1.807) is 0 Å². The van der Waals surface area contributed by atoms with Crippen LogP contribution >= 0.6 is 23.4 Å². The third-order valence-corrected chi connectivity index (χ3v) is 4.93. The highest BCUT2D eigenvalue weighted by atomic mass is 35.5. The molecule has 2 heterocycles. The van der Waals surface area contributed by atoms with Gasteiger partial charge in [0, 0.05) is 29.9 Å². The number of halogens is 1. The molecule has 0 aromatic carbocycles. The molecule has 1 unspecified atom stereocenters. The summed E-state index contributed by atoms with van der Waals surface area (Å²) in [5, 5.41) is 0.812. The first-order chi connectivity index (χ1) is 8.72. The Balaban J connectivity index is 2.13. The molecule has 1 fully saturated rings. The summed E-state index contributed by atoms with van der Waals surface area (Å²) in [6, 6.07) is 4.21. The minimum atomic E-state index is 0.567. The molecular formula is C14H21ClN2S. The second-order valence-electron chi connectivity index (χ2n) is 4.88. The molecule has 0 radical (unpaired) electrons. The molecule has 1 aromatic rings. The van der Waals surface area contributed by atoms with Gasteiger partial charge in [0.1, 0.15) is 5.82 Å². The van der Waals surface area contributed by atoms with Crippen LogP contribution in [0, 0.1) is 6.92 Å². The summed E-state index contributed by atoms with van der Waals surface area (Å²) in [4.78, 5) is 7.07. The monoisotopic (exact) mass is 284 g/mol. The van der Waals surface area contributed by atoms with E-state index in [1.165, 1.54) is 24.8 Å². The number of nitrogens with zero attached hydrogens (tertiary/aromatic N) is 2. The van der Waals surface area contributed by atoms with Gasteiger partial charge in [0.15, 0.2) is 0 Å². The lowest BCUT2D eigenvalue weighted by Crippen LogP contribution is -2.25. The lowest BCUT2D eigenvalue weighted by Gasteiger charge is -2.22. The second kappa shape index (κ2) is 6.67. The van der Waals surface area contributed by atoms with Gasteiger partial charge in [0.25, 0.3) is 0 Å². The van der Waals surface area contributed by atoms with Crippen LogP contribution in [0.3, 0.4) is 0 Å². The number of pyridine rings is 1. The maximum atomic E-state index is 5.94. The summed E-state index contributed by atoms with van der Waals surface area (Å²) in [6.07, 6.45) is 6.06. The van der Waals surface area contributed by atoms with Crippen LogP contribution in [0.4, 0.5) is 5.82 Å². The second-order valence-corrected chi connectivity index (χ2v) is 6.29. The maximum Gasteiger partial charge on any atom is 0.129 e. The normalized spacial score (nSPS) is 20.8. The zero-order valence-corrected chi connectivity index (χ0v) is 12.7. The molecule has 1 atom stereocenters. The molecule has 0 aliphatic carbocycles. The van der Waals surface area contributed by atoms with Gasteiger partial charge in [-0.05, 0) is 50.1 Å². The van der Waals surface area contributed by atoms with Gasteiger partial charge in [-0.1, -0.05) is 0 Å². The van der Waals surface area contributed by atoms with Crippen molar-refractivity contribution in [1.82, 2.24) is 4.98 Å². The first kappa shape index (κ1) is 14.0. The fraction of sp³-hybridized carbons (Fsp3) is 0.643. The van der Waals surface area contributed by atoms with Crippen LogP contribution in [0.15, 0.2) is 12.1 Å². The molecule has 1 aliphatic heterocycles. The average molecular weight is 285 g/mol. The van der Waals surface area contributed by atoms with Crippen molar-refractivity contribution < 1.29 is 0 Å². The summed E-state index contributed by atoms with van der Waals surface area (Å²) in [5.41, 5.74) is 2.23. The Morgan fingerprint density at radius 2 is 2.22 bits per heavy atom. The highest BCUT2D eigenvalue weighted by Gasteiger charge is 2.17. The number of anilines is 1. The number of rotatable bonds is 3. The number of hydrogen-bond donors (Lipinski definition) is 0. The van der Waals surface area contributed by atoms with Gasteiger partial charge in [0.05, 0.1) is 0 Å². The van der Waals surface area contributed by atoms with Crippen molar-refractivity contribution in [3.05, 3.63) is 23.4 Å². The largest absolute Gasteiger partial charge is 0.357 e. The lowest BCUT2D eigenvalue weighted by atomic mass is 10.2. The number of hydrogen-bond acceptors (Lipinski definition) is 3. The Morgan fingerprint density at radius 1 is 1.39 bits per heavy atom. The molecule has 1 aromatic heterocycles. The molecule has 0 N–H and O–H groups in total. The third-order valence-electron chi connectivity index (χ3n) is 3.49. The first-order valence-corrected chi connectivity index (χ1v) is 8.36. The number of thioether (sulfide) groups is 1. The van der Waals surface area contributed by atoms with E-state index in [1.807, 2.05) is 18.7 Å². The number of aromatic nitrogens is 1. The van der Waals surface area contributed by atoms with Gasteiger partial charge in [-0.15, -0.1) is 11.6 Å². The highest BCUT2D eigenvalue weighted by molar-refractivity contribution is 7.99. The van der Waals surface area contributed by atoms with Gasteiger partial charge in [-0.2, -0.15) is 11.8 Å². The van der Waals surface area contributed by atoms with E-state index >= 15 is 0 Å². The summed E-state index contributed by atoms with van der Waals surface area (Å²) < 4.78 is 0. The fourth-order valence-electron chi connectivity index (χ4n) is 2.49. The standard InChI is InChI=1S/C14H21ClN2S/c1-11-8-12(10-15)9-14(16-11)17-6-3-4-13(18-2)5-7-17/h8-9,13H,3-7,10H2,1-2H3. The molecule has 0 saturated carbocycles. The Morgan fingerprint density at radius 3 is 2.94 bits per heavy atom. The van der Waals surface area contributed by atoms with E-state index in [9.17, 15) is 0 Å². The molecule has 2 nitrogen and oxygen atoms in total.